The zero-order valence-corrected chi connectivity index (χ0v) is 43.5. The Morgan fingerprint density at radius 3 is 1.42 bits per heavy atom. The number of benzene rings is 2. The zero-order valence-electron chi connectivity index (χ0n) is 42.7. The first-order chi connectivity index (χ1) is 32.5. The van der Waals surface area contributed by atoms with Gasteiger partial charge in [0.25, 0.3) is 0 Å². The average molecular weight is 950 g/mol. The lowest BCUT2D eigenvalue weighted by Gasteiger charge is -2.25. The summed E-state index contributed by atoms with van der Waals surface area (Å²) in [6.07, 6.45) is 31.1. The molecule has 9 nitrogen and oxygen atoms in total. The molecule has 0 saturated heterocycles. The molecule has 0 aliphatic heterocycles. The minimum atomic E-state index is -1.03. The van der Waals surface area contributed by atoms with Gasteiger partial charge in [0, 0.05) is 30.3 Å². The fraction of sp³-hybridized carbons (Fsp3) is 0.719. The van der Waals surface area contributed by atoms with E-state index in [4.69, 9.17) is 18.9 Å². The van der Waals surface area contributed by atoms with Crippen molar-refractivity contribution >= 4 is 35.8 Å². The number of nitrogens with one attached hydrogen (secondary N) is 1. The molecule has 2 aromatic rings. The van der Waals surface area contributed by atoms with Gasteiger partial charge in [-0.3, -0.25) is 9.59 Å². The van der Waals surface area contributed by atoms with Crippen LogP contribution in [0.5, 0.6) is 0 Å². The third kappa shape index (κ3) is 26.1. The molecule has 10 heteroatoms. The summed E-state index contributed by atoms with van der Waals surface area (Å²) < 4.78 is 23.1. The quantitative estimate of drug-likeness (QED) is 0.0397. The van der Waals surface area contributed by atoms with E-state index in [-0.39, 0.29) is 42.6 Å². The molecule has 0 aromatic heterocycles. The predicted molar refractivity (Wildman–Crippen MR) is 277 cm³/mol. The highest BCUT2D eigenvalue weighted by Gasteiger charge is 2.31. The lowest BCUT2D eigenvalue weighted by molar-refractivity contribution is -0.158. The normalized spacial score (nSPS) is 13.1. The van der Waals surface area contributed by atoms with E-state index in [1.54, 1.807) is 20.8 Å². The molecule has 0 saturated carbocycles. The van der Waals surface area contributed by atoms with Crippen LogP contribution in [0.1, 0.15) is 231 Å². The molecule has 3 rings (SSSR count). The summed E-state index contributed by atoms with van der Waals surface area (Å²) in [7, 11) is 0. The third-order valence-electron chi connectivity index (χ3n) is 12.6. The molecular formula is C57H91NO8S. The Hall–Kier alpha value is -3.53. The molecular weight excluding hydrogens is 859 g/mol. The first kappa shape index (κ1) is 57.8. The SMILES string of the molecule is CCCCCCCCCCCCCCCC(=O)OC[C@H](CSC[C@@H](NC(=O)OCC1c2ccccc2-c2ccccc21)C(=O)OC(C)(C)C)OC(=O)CCCCCCCCCCCCCCC. The maximum absolute atomic E-state index is 13.5. The van der Waals surface area contributed by atoms with E-state index >= 15 is 0 Å². The van der Waals surface area contributed by atoms with E-state index in [1.807, 2.05) is 24.3 Å². The van der Waals surface area contributed by atoms with Gasteiger partial charge in [0.05, 0.1) is 0 Å². The lowest BCUT2D eigenvalue weighted by Crippen LogP contribution is -2.46. The molecule has 0 unspecified atom stereocenters. The summed E-state index contributed by atoms with van der Waals surface area (Å²) in [5, 5.41) is 2.75. The monoisotopic (exact) mass is 950 g/mol. The van der Waals surface area contributed by atoms with Gasteiger partial charge in [0.1, 0.15) is 31.0 Å². The van der Waals surface area contributed by atoms with Crippen LogP contribution in [0.4, 0.5) is 4.79 Å². The molecule has 67 heavy (non-hydrogen) atoms. The number of thioether (sulfide) groups is 1. The van der Waals surface area contributed by atoms with E-state index < -0.39 is 29.8 Å². The summed E-state index contributed by atoms with van der Waals surface area (Å²) in [5.41, 5.74) is 3.65. The maximum atomic E-state index is 13.5. The second kappa shape index (κ2) is 35.6. The standard InChI is InChI=1S/C57H91NO8S/c1-6-8-10-12-14-16-18-20-22-24-26-28-30-40-53(59)63-42-46(65-54(60)41-31-29-27-25-23-21-19-17-15-13-11-9-7-2)44-67-45-52(55(61)66-57(3,4)5)58-56(62)64-43-51-49-38-34-32-36-47(49)48-37-33-35-39-50(48)51/h32-39,46,51-52H,6-31,40-45H2,1-5H3,(H,58,62)/t46-,52-/m1/s1. The van der Waals surface area contributed by atoms with Crippen LogP contribution in [-0.2, 0) is 33.3 Å². The van der Waals surface area contributed by atoms with Gasteiger partial charge in [-0.1, -0.05) is 216 Å². The molecule has 0 fully saturated rings. The van der Waals surface area contributed by atoms with Crippen LogP contribution in [0.15, 0.2) is 48.5 Å². The Morgan fingerprint density at radius 2 is 0.970 bits per heavy atom. The number of hydrogen-bond donors (Lipinski definition) is 1. The highest BCUT2D eigenvalue weighted by Crippen LogP contribution is 2.44. The highest BCUT2D eigenvalue weighted by molar-refractivity contribution is 7.99. The number of rotatable bonds is 39. The van der Waals surface area contributed by atoms with E-state index in [1.165, 1.54) is 140 Å². The van der Waals surface area contributed by atoms with Crippen molar-refractivity contribution in [3.63, 3.8) is 0 Å². The molecule has 0 radical (unpaired) electrons. The van der Waals surface area contributed by atoms with Gasteiger partial charge in [-0.25, -0.2) is 9.59 Å². The van der Waals surface area contributed by atoms with Crippen LogP contribution < -0.4 is 5.32 Å². The number of alkyl carbamates (subject to hydrolysis) is 1. The topological polar surface area (TPSA) is 117 Å². The largest absolute Gasteiger partial charge is 0.462 e. The van der Waals surface area contributed by atoms with Crippen molar-refractivity contribution in [3.05, 3.63) is 59.7 Å². The molecule has 378 valence electrons. The number of carbonyl (C=O) groups is 4. The minimum absolute atomic E-state index is 0.0640. The minimum Gasteiger partial charge on any atom is -0.462 e. The van der Waals surface area contributed by atoms with Crippen LogP contribution in [0, 0.1) is 0 Å². The highest BCUT2D eigenvalue weighted by atomic mass is 32.2. The van der Waals surface area contributed by atoms with Crippen LogP contribution in [0.3, 0.4) is 0 Å². The molecule has 0 spiro atoms. The van der Waals surface area contributed by atoms with Crippen molar-refractivity contribution in [2.24, 2.45) is 0 Å². The van der Waals surface area contributed by atoms with Crippen molar-refractivity contribution in [2.75, 3.05) is 24.7 Å². The van der Waals surface area contributed by atoms with Crippen LogP contribution in [0.2, 0.25) is 0 Å². The predicted octanol–water partition coefficient (Wildman–Crippen LogP) is 15.4. The number of ether oxygens (including phenoxy) is 4. The number of hydrogen-bond acceptors (Lipinski definition) is 9. The summed E-state index contributed by atoms with van der Waals surface area (Å²) in [5.74, 6) is -0.930. The first-order valence-corrected chi connectivity index (χ1v) is 27.9. The molecule has 1 amide bonds. The van der Waals surface area contributed by atoms with Crippen molar-refractivity contribution in [2.45, 2.75) is 238 Å². The molecule has 0 heterocycles. The Bertz CT molecular complexity index is 1610. The third-order valence-corrected chi connectivity index (χ3v) is 13.8. The number of unbranched alkanes of at least 4 members (excludes halogenated alkanes) is 24. The Balaban J connectivity index is 1.48. The number of fused-ring (bicyclic) bond motifs is 3. The zero-order chi connectivity index (χ0) is 48.4. The summed E-state index contributed by atoms with van der Waals surface area (Å²) >= 11 is 1.33. The first-order valence-electron chi connectivity index (χ1n) is 26.8. The van der Waals surface area contributed by atoms with E-state index in [9.17, 15) is 19.2 Å². The molecule has 2 atom stereocenters. The summed E-state index contributed by atoms with van der Waals surface area (Å²) in [6.45, 7) is 9.89. The Kier molecular flexibility index (Phi) is 30.7. The fourth-order valence-corrected chi connectivity index (χ4v) is 9.85. The smallest absolute Gasteiger partial charge is 0.407 e. The molecule has 1 aliphatic carbocycles. The fourth-order valence-electron chi connectivity index (χ4n) is 8.83. The van der Waals surface area contributed by atoms with E-state index in [2.05, 4.69) is 43.4 Å². The number of esters is 3. The van der Waals surface area contributed by atoms with Gasteiger partial charge >= 0.3 is 24.0 Å². The average Bonchev–Trinajstić information content (AvgIpc) is 3.62. The second-order valence-electron chi connectivity index (χ2n) is 19.9. The number of amides is 1. The van der Waals surface area contributed by atoms with Crippen molar-refractivity contribution < 1.29 is 38.1 Å². The van der Waals surface area contributed by atoms with Crippen molar-refractivity contribution in [3.8, 4) is 11.1 Å². The van der Waals surface area contributed by atoms with E-state index in [0.29, 0.717) is 12.8 Å². The molecule has 0 bridgehead atoms. The van der Waals surface area contributed by atoms with Crippen LogP contribution in [-0.4, -0.2) is 66.5 Å². The van der Waals surface area contributed by atoms with E-state index in [0.717, 1.165) is 60.8 Å². The van der Waals surface area contributed by atoms with Gasteiger partial charge in [-0.05, 0) is 55.9 Å². The molecule has 2 aromatic carbocycles. The van der Waals surface area contributed by atoms with Gasteiger partial charge in [0.2, 0.25) is 0 Å². The maximum Gasteiger partial charge on any atom is 0.407 e. The Labute approximate surface area is 411 Å². The van der Waals surface area contributed by atoms with Crippen LogP contribution >= 0.6 is 11.8 Å². The van der Waals surface area contributed by atoms with Crippen molar-refractivity contribution in [1.29, 1.82) is 0 Å². The van der Waals surface area contributed by atoms with Crippen LogP contribution in [0.25, 0.3) is 11.1 Å². The van der Waals surface area contributed by atoms with Gasteiger partial charge in [-0.2, -0.15) is 11.8 Å². The molecule has 1 N–H and O–H groups in total. The molecule has 1 aliphatic rings. The van der Waals surface area contributed by atoms with Gasteiger partial charge in [0.15, 0.2) is 0 Å². The van der Waals surface area contributed by atoms with Gasteiger partial charge < -0.3 is 24.3 Å². The Morgan fingerprint density at radius 1 is 0.552 bits per heavy atom. The summed E-state index contributed by atoms with van der Waals surface area (Å²) in [6, 6.07) is 15.2. The second-order valence-corrected chi connectivity index (χ2v) is 20.9. The number of carbonyl (C=O) groups excluding carboxylic acids is 4. The summed E-state index contributed by atoms with van der Waals surface area (Å²) in [4.78, 5) is 52.8. The van der Waals surface area contributed by atoms with Gasteiger partial charge in [-0.15, -0.1) is 0 Å². The van der Waals surface area contributed by atoms with Crippen molar-refractivity contribution in [1.82, 2.24) is 5.32 Å². The lowest BCUT2D eigenvalue weighted by atomic mass is 9.98.